The molecule has 0 atom stereocenters. The van der Waals surface area contributed by atoms with Crippen LogP contribution in [0, 0.1) is 0 Å². The molecule has 14 heteroatoms. The molecule has 0 saturated carbocycles. The normalized spacial score (nSPS) is 11.1. The fourth-order valence-corrected chi connectivity index (χ4v) is 5.88. The molecule has 0 fully saturated rings. The van der Waals surface area contributed by atoms with E-state index in [2.05, 4.69) is 23.8 Å². The summed E-state index contributed by atoms with van der Waals surface area (Å²) in [5.41, 5.74) is 2.56. The summed E-state index contributed by atoms with van der Waals surface area (Å²) in [4.78, 5) is 24.6. The SMILES string of the molecule is C=CCOc1ccc(S(=O)(=O)NC(=O)Nc2ccc(Cc3ccc(NC(=O)NS(=O)(=O)c4ccc(OCC=C)cc4)cc3)cc2)cc1. The summed E-state index contributed by atoms with van der Waals surface area (Å²) in [5.74, 6) is 0.928. The van der Waals surface area contributed by atoms with Crippen molar-refractivity contribution < 1.29 is 35.9 Å². The van der Waals surface area contributed by atoms with E-state index in [1.54, 1.807) is 60.7 Å². The first-order chi connectivity index (χ1) is 22.5. The van der Waals surface area contributed by atoms with Crippen molar-refractivity contribution in [2.45, 2.75) is 16.2 Å². The molecule has 0 aliphatic rings. The smallest absolute Gasteiger partial charge is 0.333 e. The zero-order chi connectivity index (χ0) is 33.9. The van der Waals surface area contributed by atoms with E-state index < -0.39 is 32.1 Å². The maximum Gasteiger partial charge on any atom is 0.333 e. The molecular formula is C33H32N4O8S2. The van der Waals surface area contributed by atoms with Crippen LogP contribution < -0.4 is 29.6 Å². The van der Waals surface area contributed by atoms with Gasteiger partial charge in [0, 0.05) is 11.4 Å². The van der Waals surface area contributed by atoms with E-state index in [0.717, 1.165) is 11.1 Å². The molecule has 0 saturated heterocycles. The maximum absolute atomic E-state index is 12.6. The number of amides is 4. The molecule has 0 heterocycles. The van der Waals surface area contributed by atoms with Crippen molar-refractivity contribution in [2.24, 2.45) is 0 Å². The number of urea groups is 2. The van der Waals surface area contributed by atoms with Crippen LogP contribution in [0.15, 0.2) is 132 Å². The maximum atomic E-state index is 12.6. The van der Waals surface area contributed by atoms with E-state index in [4.69, 9.17) is 9.47 Å². The quantitative estimate of drug-likeness (QED) is 0.128. The van der Waals surface area contributed by atoms with Gasteiger partial charge in [-0.2, -0.15) is 0 Å². The molecule has 12 nitrogen and oxygen atoms in total. The zero-order valence-electron chi connectivity index (χ0n) is 25.0. The predicted octanol–water partition coefficient (Wildman–Crippen LogP) is 5.43. The van der Waals surface area contributed by atoms with Crippen LogP contribution in [0.1, 0.15) is 11.1 Å². The Balaban J connectivity index is 1.26. The van der Waals surface area contributed by atoms with Gasteiger partial charge in [-0.1, -0.05) is 49.6 Å². The van der Waals surface area contributed by atoms with E-state index in [1.165, 1.54) is 48.5 Å². The first-order valence-corrected chi connectivity index (χ1v) is 17.0. The van der Waals surface area contributed by atoms with Gasteiger partial charge in [0.1, 0.15) is 24.7 Å². The number of hydrogen-bond donors (Lipinski definition) is 4. The van der Waals surface area contributed by atoms with Crippen molar-refractivity contribution in [1.82, 2.24) is 9.44 Å². The highest BCUT2D eigenvalue weighted by molar-refractivity contribution is 7.90. The number of carbonyl (C=O) groups is 2. The molecule has 0 spiro atoms. The van der Waals surface area contributed by atoms with Crippen LogP contribution in [0.4, 0.5) is 21.0 Å². The van der Waals surface area contributed by atoms with Crippen molar-refractivity contribution in [2.75, 3.05) is 23.8 Å². The Morgan fingerprint density at radius 1 is 0.553 bits per heavy atom. The molecule has 47 heavy (non-hydrogen) atoms. The minimum Gasteiger partial charge on any atom is -0.490 e. The summed E-state index contributed by atoms with van der Waals surface area (Å²) in [7, 11) is -8.22. The Hall–Kier alpha value is -5.60. The van der Waals surface area contributed by atoms with E-state index in [0.29, 0.717) is 29.3 Å². The van der Waals surface area contributed by atoms with E-state index in [9.17, 15) is 26.4 Å². The van der Waals surface area contributed by atoms with Crippen LogP contribution in [0.3, 0.4) is 0 Å². The number of hydrogen-bond acceptors (Lipinski definition) is 8. The van der Waals surface area contributed by atoms with Crippen LogP contribution in [0.5, 0.6) is 11.5 Å². The second-order valence-corrected chi connectivity index (χ2v) is 13.2. The third-order valence-corrected chi connectivity index (χ3v) is 8.98. The number of nitrogens with one attached hydrogen (secondary N) is 4. The molecule has 4 aromatic rings. The molecule has 0 aromatic heterocycles. The summed E-state index contributed by atoms with van der Waals surface area (Å²) in [6, 6.07) is 23.0. The monoisotopic (exact) mass is 676 g/mol. The van der Waals surface area contributed by atoms with Crippen molar-refractivity contribution >= 4 is 43.5 Å². The number of benzene rings is 4. The first-order valence-electron chi connectivity index (χ1n) is 14.0. The van der Waals surface area contributed by atoms with E-state index in [1.807, 2.05) is 9.44 Å². The van der Waals surface area contributed by atoms with Crippen LogP contribution >= 0.6 is 0 Å². The summed E-state index contributed by atoms with van der Waals surface area (Å²) < 4.78 is 64.9. The van der Waals surface area contributed by atoms with Crippen molar-refractivity contribution in [3.8, 4) is 11.5 Å². The molecule has 0 unspecified atom stereocenters. The van der Waals surface area contributed by atoms with Crippen LogP contribution in [0.25, 0.3) is 0 Å². The van der Waals surface area contributed by atoms with Crippen LogP contribution in [0.2, 0.25) is 0 Å². The Morgan fingerprint density at radius 2 is 0.894 bits per heavy atom. The highest BCUT2D eigenvalue weighted by Gasteiger charge is 2.19. The zero-order valence-corrected chi connectivity index (χ0v) is 26.6. The molecule has 0 aliphatic heterocycles. The second kappa shape index (κ2) is 15.6. The molecule has 4 aromatic carbocycles. The van der Waals surface area contributed by atoms with Gasteiger partial charge in [0.25, 0.3) is 20.0 Å². The molecule has 0 bridgehead atoms. The van der Waals surface area contributed by atoms with Gasteiger partial charge >= 0.3 is 12.1 Å². The summed E-state index contributed by atoms with van der Waals surface area (Å²) in [6.07, 6.45) is 3.64. The van der Waals surface area contributed by atoms with Gasteiger partial charge in [-0.15, -0.1) is 0 Å². The molecule has 4 N–H and O–H groups in total. The van der Waals surface area contributed by atoms with Crippen molar-refractivity contribution in [1.29, 1.82) is 0 Å². The minimum atomic E-state index is -4.11. The van der Waals surface area contributed by atoms with Crippen molar-refractivity contribution in [3.63, 3.8) is 0 Å². The second-order valence-electron chi connectivity index (χ2n) is 9.83. The van der Waals surface area contributed by atoms with Gasteiger partial charge in [-0.05, 0) is 90.3 Å². The molecule has 244 valence electrons. The Kier molecular flexibility index (Phi) is 11.4. The van der Waals surface area contributed by atoms with Crippen LogP contribution in [-0.2, 0) is 26.5 Å². The summed E-state index contributed by atoms with van der Waals surface area (Å²) >= 11 is 0. The largest absolute Gasteiger partial charge is 0.490 e. The van der Waals surface area contributed by atoms with Crippen LogP contribution in [-0.4, -0.2) is 42.1 Å². The standard InChI is InChI=1S/C33H32N4O8S2/c1-3-21-44-28-13-17-30(18-14-28)46(40,41)36-32(38)34-26-9-5-24(6-10-26)23-25-7-11-27(12-8-25)35-33(39)37-47(42,43)31-19-15-29(16-20-31)45-22-4-2/h3-20H,1-2,21-23H2,(H2,34,36,38)(H2,35,37,39). The fourth-order valence-electron chi connectivity index (χ4n) is 4.06. The van der Waals surface area contributed by atoms with Crippen molar-refractivity contribution in [3.05, 3.63) is 133 Å². The molecule has 0 radical (unpaired) electrons. The lowest BCUT2D eigenvalue weighted by molar-refractivity contribution is 0.255. The highest BCUT2D eigenvalue weighted by Crippen LogP contribution is 2.19. The summed E-state index contributed by atoms with van der Waals surface area (Å²) in [5, 5.41) is 4.99. The number of carbonyl (C=O) groups excluding carboxylic acids is 2. The molecule has 0 aliphatic carbocycles. The third kappa shape index (κ3) is 10.2. The van der Waals surface area contributed by atoms with Gasteiger partial charge in [-0.25, -0.2) is 35.9 Å². The average Bonchev–Trinajstić information content (AvgIpc) is 3.04. The number of anilines is 2. The highest BCUT2D eigenvalue weighted by atomic mass is 32.2. The Labute approximate surface area is 273 Å². The average molecular weight is 677 g/mol. The van der Waals surface area contributed by atoms with Gasteiger partial charge in [0.15, 0.2) is 0 Å². The summed E-state index contributed by atoms with van der Waals surface area (Å²) in [6.45, 7) is 7.65. The Morgan fingerprint density at radius 3 is 1.21 bits per heavy atom. The molecule has 4 amide bonds. The third-order valence-electron chi connectivity index (χ3n) is 6.29. The molecule has 4 rings (SSSR count). The van der Waals surface area contributed by atoms with Gasteiger partial charge in [-0.3, -0.25) is 0 Å². The lowest BCUT2D eigenvalue weighted by Gasteiger charge is -2.11. The molecular weight excluding hydrogens is 645 g/mol. The van der Waals surface area contributed by atoms with E-state index in [-0.39, 0.29) is 23.0 Å². The fraction of sp³-hybridized carbons (Fsp3) is 0.0909. The lowest BCUT2D eigenvalue weighted by Crippen LogP contribution is -2.34. The number of sulfonamides is 2. The first kappa shape index (κ1) is 34.3. The lowest BCUT2D eigenvalue weighted by atomic mass is 10.0. The topological polar surface area (TPSA) is 169 Å². The van der Waals surface area contributed by atoms with Gasteiger partial charge < -0.3 is 20.1 Å². The Bertz CT molecular complexity index is 1790. The van der Waals surface area contributed by atoms with E-state index >= 15 is 0 Å². The predicted molar refractivity (Wildman–Crippen MR) is 179 cm³/mol. The van der Waals surface area contributed by atoms with Gasteiger partial charge in [0.2, 0.25) is 0 Å². The van der Waals surface area contributed by atoms with Gasteiger partial charge in [0.05, 0.1) is 9.79 Å². The number of rotatable bonds is 14. The minimum absolute atomic E-state index is 0.0994. The number of ether oxygens (including phenoxy) is 2.